The van der Waals surface area contributed by atoms with Gasteiger partial charge in [0.15, 0.2) is 0 Å². The summed E-state index contributed by atoms with van der Waals surface area (Å²) in [6.45, 7) is 0.527. The number of carbonyl (C=O) groups is 1. The summed E-state index contributed by atoms with van der Waals surface area (Å²) >= 11 is 0. The third kappa shape index (κ3) is 4.63. The van der Waals surface area contributed by atoms with Crippen LogP contribution < -0.4 is 11.1 Å². The van der Waals surface area contributed by atoms with Gasteiger partial charge in [-0.05, 0) is 30.0 Å². The van der Waals surface area contributed by atoms with E-state index in [0.717, 1.165) is 12.0 Å². The van der Waals surface area contributed by atoms with Gasteiger partial charge in [-0.15, -0.1) is 0 Å². The van der Waals surface area contributed by atoms with Crippen LogP contribution in [0.15, 0.2) is 24.5 Å². The van der Waals surface area contributed by atoms with Crippen LogP contribution in [0.25, 0.3) is 0 Å². The maximum atomic E-state index is 11.9. The molecule has 0 aromatic carbocycles. The standard InChI is InChI=1S/C15H23N3O/c16-14(10-12-4-2-1-3-5-12)15(19)18-11-13-6-8-17-9-7-13/h6-9,12,14H,1-5,10-11,16H2,(H,18,19). The minimum Gasteiger partial charge on any atom is -0.351 e. The molecule has 1 aromatic rings. The van der Waals surface area contributed by atoms with E-state index in [-0.39, 0.29) is 11.9 Å². The third-order valence-electron chi connectivity index (χ3n) is 3.86. The minimum absolute atomic E-state index is 0.0395. The van der Waals surface area contributed by atoms with Crippen molar-refractivity contribution in [3.05, 3.63) is 30.1 Å². The molecular formula is C15H23N3O. The Balaban J connectivity index is 1.72. The number of hydrogen-bond donors (Lipinski definition) is 2. The number of nitrogens with two attached hydrogens (primary N) is 1. The van der Waals surface area contributed by atoms with Crippen LogP contribution in [-0.2, 0) is 11.3 Å². The van der Waals surface area contributed by atoms with Crippen LogP contribution >= 0.6 is 0 Å². The Hall–Kier alpha value is -1.42. The van der Waals surface area contributed by atoms with E-state index in [2.05, 4.69) is 10.3 Å². The van der Waals surface area contributed by atoms with Crippen LogP contribution in [0, 0.1) is 5.92 Å². The summed E-state index contributed by atoms with van der Waals surface area (Å²) in [5.41, 5.74) is 7.04. The quantitative estimate of drug-likeness (QED) is 0.851. The van der Waals surface area contributed by atoms with Crippen LogP contribution in [0.5, 0.6) is 0 Å². The van der Waals surface area contributed by atoms with Gasteiger partial charge >= 0.3 is 0 Å². The minimum atomic E-state index is -0.370. The van der Waals surface area contributed by atoms with Crippen LogP contribution in [0.3, 0.4) is 0 Å². The molecule has 0 radical (unpaired) electrons. The van der Waals surface area contributed by atoms with Crippen molar-refractivity contribution in [1.29, 1.82) is 0 Å². The highest BCUT2D eigenvalue weighted by Gasteiger charge is 2.20. The fourth-order valence-corrected chi connectivity index (χ4v) is 2.71. The maximum absolute atomic E-state index is 11.9. The lowest BCUT2D eigenvalue weighted by molar-refractivity contribution is -0.122. The van der Waals surface area contributed by atoms with Gasteiger partial charge in [-0.3, -0.25) is 9.78 Å². The zero-order valence-corrected chi connectivity index (χ0v) is 11.3. The van der Waals surface area contributed by atoms with E-state index in [1.54, 1.807) is 12.4 Å². The molecule has 2 rings (SSSR count). The molecule has 0 saturated heterocycles. The number of carbonyl (C=O) groups excluding carboxylic acids is 1. The number of nitrogens with zero attached hydrogens (tertiary/aromatic N) is 1. The summed E-state index contributed by atoms with van der Waals surface area (Å²) in [5.74, 6) is 0.595. The SMILES string of the molecule is NC(CC1CCCCC1)C(=O)NCc1ccncc1. The first-order chi connectivity index (χ1) is 9.25. The Labute approximate surface area is 114 Å². The Morgan fingerprint density at radius 1 is 1.32 bits per heavy atom. The highest BCUT2D eigenvalue weighted by Crippen LogP contribution is 2.26. The molecular weight excluding hydrogens is 238 g/mol. The van der Waals surface area contributed by atoms with Gasteiger partial charge in [0.2, 0.25) is 5.91 Å². The molecule has 1 aliphatic rings. The van der Waals surface area contributed by atoms with E-state index in [1.807, 2.05) is 12.1 Å². The van der Waals surface area contributed by atoms with Crippen LogP contribution in [0.1, 0.15) is 44.1 Å². The molecule has 1 aromatic heterocycles. The summed E-state index contributed by atoms with van der Waals surface area (Å²) in [6.07, 6.45) is 10.6. The fourth-order valence-electron chi connectivity index (χ4n) is 2.71. The van der Waals surface area contributed by atoms with Crippen molar-refractivity contribution < 1.29 is 4.79 Å². The molecule has 1 atom stereocenters. The Morgan fingerprint density at radius 3 is 2.68 bits per heavy atom. The van der Waals surface area contributed by atoms with Crippen molar-refractivity contribution in [3.63, 3.8) is 0 Å². The Kier molecular flexibility index (Phi) is 5.33. The molecule has 1 heterocycles. The van der Waals surface area contributed by atoms with Gasteiger partial charge in [-0.25, -0.2) is 0 Å². The van der Waals surface area contributed by atoms with E-state index in [9.17, 15) is 4.79 Å². The number of pyridine rings is 1. The van der Waals surface area contributed by atoms with E-state index in [4.69, 9.17) is 5.73 Å². The molecule has 1 amide bonds. The summed E-state index contributed by atoms with van der Waals surface area (Å²) in [7, 11) is 0. The van der Waals surface area contributed by atoms with Crippen molar-refractivity contribution in [2.75, 3.05) is 0 Å². The topological polar surface area (TPSA) is 68.0 Å². The van der Waals surface area contributed by atoms with Crippen molar-refractivity contribution in [3.8, 4) is 0 Å². The Morgan fingerprint density at radius 2 is 2.00 bits per heavy atom. The van der Waals surface area contributed by atoms with Crippen LogP contribution in [0.2, 0.25) is 0 Å². The molecule has 0 bridgehead atoms. The van der Waals surface area contributed by atoms with Crippen molar-refractivity contribution in [2.45, 2.75) is 51.1 Å². The molecule has 1 unspecified atom stereocenters. The smallest absolute Gasteiger partial charge is 0.237 e. The van der Waals surface area contributed by atoms with Gasteiger partial charge in [-0.2, -0.15) is 0 Å². The first-order valence-corrected chi connectivity index (χ1v) is 7.18. The zero-order chi connectivity index (χ0) is 13.5. The predicted molar refractivity (Wildman–Crippen MR) is 75.3 cm³/mol. The number of hydrogen-bond acceptors (Lipinski definition) is 3. The number of aromatic nitrogens is 1. The van der Waals surface area contributed by atoms with E-state index in [1.165, 1.54) is 32.1 Å². The molecule has 4 heteroatoms. The van der Waals surface area contributed by atoms with Gasteiger partial charge in [0, 0.05) is 18.9 Å². The van der Waals surface area contributed by atoms with Crippen LogP contribution in [0.4, 0.5) is 0 Å². The lowest BCUT2D eigenvalue weighted by atomic mass is 9.85. The molecule has 0 spiro atoms. The van der Waals surface area contributed by atoms with Gasteiger partial charge in [-0.1, -0.05) is 32.1 Å². The largest absolute Gasteiger partial charge is 0.351 e. The molecule has 0 aliphatic heterocycles. The van der Waals surface area contributed by atoms with E-state index in [0.29, 0.717) is 12.5 Å². The highest BCUT2D eigenvalue weighted by atomic mass is 16.2. The summed E-state index contributed by atoms with van der Waals surface area (Å²) in [4.78, 5) is 15.9. The molecule has 3 N–H and O–H groups in total. The summed E-state index contributed by atoms with van der Waals surface area (Å²) in [6, 6.07) is 3.42. The predicted octanol–water partition coefficient (Wildman–Crippen LogP) is 2.00. The molecule has 1 saturated carbocycles. The monoisotopic (exact) mass is 261 g/mol. The number of nitrogens with one attached hydrogen (secondary N) is 1. The fraction of sp³-hybridized carbons (Fsp3) is 0.600. The second kappa shape index (κ2) is 7.24. The molecule has 4 nitrogen and oxygen atoms in total. The molecule has 1 aliphatic carbocycles. The first-order valence-electron chi connectivity index (χ1n) is 7.18. The number of rotatable bonds is 5. The van der Waals surface area contributed by atoms with Crippen LogP contribution in [-0.4, -0.2) is 16.9 Å². The third-order valence-corrected chi connectivity index (χ3v) is 3.86. The first kappa shape index (κ1) is 14.0. The molecule has 19 heavy (non-hydrogen) atoms. The lowest BCUT2D eigenvalue weighted by Crippen LogP contribution is -2.41. The normalized spacial score (nSPS) is 17.9. The average Bonchev–Trinajstić information content (AvgIpc) is 2.47. The number of amides is 1. The average molecular weight is 261 g/mol. The highest BCUT2D eigenvalue weighted by molar-refractivity contribution is 5.81. The van der Waals surface area contributed by atoms with Gasteiger partial charge in [0.1, 0.15) is 0 Å². The van der Waals surface area contributed by atoms with Crippen molar-refractivity contribution >= 4 is 5.91 Å². The van der Waals surface area contributed by atoms with Crippen molar-refractivity contribution in [2.24, 2.45) is 11.7 Å². The second-order valence-electron chi connectivity index (χ2n) is 5.42. The van der Waals surface area contributed by atoms with Crippen molar-refractivity contribution in [1.82, 2.24) is 10.3 Å². The van der Waals surface area contributed by atoms with Gasteiger partial charge < -0.3 is 11.1 Å². The summed E-state index contributed by atoms with van der Waals surface area (Å²) < 4.78 is 0. The van der Waals surface area contributed by atoms with Gasteiger partial charge in [0.05, 0.1) is 6.04 Å². The maximum Gasteiger partial charge on any atom is 0.237 e. The second-order valence-corrected chi connectivity index (χ2v) is 5.42. The molecule has 1 fully saturated rings. The van der Waals surface area contributed by atoms with Gasteiger partial charge in [0.25, 0.3) is 0 Å². The Bertz CT molecular complexity index is 388. The molecule has 104 valence electrons. The zero-order valence-electron chi connectivity index (χ0n) is 11.3. The van der Waals surface area contributed by atoms with E-state index >= 15 is 0 Å². The summed E-state index contributed by atoms with van der Waals surface area (Å²) in [5, 5.41) is 2.90. The lowest BCUT2D eigenvalue weighted by Gasteiger charge is -2.24. The van der Waals surface area contributed by atoms with E-state index < -0.39 is 0 Å².